The van der Waals surface area contributed by atoms with Gasteiger partial charge in [-0.15, -0.1) is 0 Å². The Labute approximate surface area is 112 Å². The van der Waals surface area contributed by atoms with Crippen LogP contribution < -0.4 is 4.74 Å². The number of carbonyl (C=O) groups excluding carboxylic acids is 1. The third kappa shape index (κ3) is 2.57. The minimum Gasteiger partial charge on any atom is -0.497 e. The first-order valence-corrected chi connectivity index (χ1v) is 6.42. The van der Waals surface area contributed by atoms with Crippen molar-refractivity contribution in [1.82, 2.24) is 4.90 Å². The molecule has 0 spiro atoms. The molecule has 5 heteroatoms. The van der Waals surface area contributed by atoms with Crippen molar-refractivity contribution < 1.29 is 19.0 Å². The fraction of sp³-hybridized carbons (Fsp3) is 0.500. The summed E-state index contributed by atoms with van der Waals surface area (Å²) in [6.45, 7) is 1.72. The smallest absolute Gasteiger partial charge is 0.229 e. The number of benzene rings is 1. The van der Waals surface area contributed by atoms with Gasteiger partial charge in [0, 0.05) is 0 Å². The first-order valence-electron chi connectivity index (χ1n) is 6.42. The molecule has 0 aliphatic carbocycles. The summed E-state index contributed by atoms with van der Waals surface area (Å²) < 4.78 is 16.4. The molecule has 2 aliphatic rings. The molecular formula is C14H17NO4. The Balaban J connectivity index is 1.50. The van der Waals surface area contributed by atoms with Crippen LogP contribution in [0, 0.1) is 0 Å². The van der Waals surface area contributed by atoms with E-state index in [-0.39, 0.29) is 18.2 Å². The number of ether oxygens (including phenoxy) is 3. The molecule has 102 valence electrons. The quantitative estimate of drug-likeness (QED) is 0.765. The molecule has 2 fully saturated rings. The van der Waals surface area contributed by atoms with Crippen LogP contribution in [0.15, 0.2) is 24.3 Å². The van der Waals surface area contributed by atoms with Crippen LogP contribution in [-0.2, 0) is 20.9 Å². The van der Waals surface area contributed by atoms with Crippen molar-refractivity contribution in [3.63, 3.8) is 0 Å². The highest BCUT2D eigenvalue weighted by atomic mass is 16.6. The maximum atomic E-state index is 11.3. The van der Waals surface area contributed by atoms with E-state index in [2.05, 4.69) is 0 Å². The number of amides is 1. The molecule has 19 heavy (non-hydrogen) atoms. The van der Waals surface area contributed by atoms with Crippen molar-refractivity contribution in [2.45, 2.75) is 25.4 Å². The fourth-order valence-corrected chi connectivity index (χ4v) is 2.32. The molecule has 2 saturated heterocycles. The summed E-state index contributed by atoms with van der Waals surface area (Å²) in [5, 5.41) is 0. The first-order chi connectivity index (χ1) is 9.26. The summed E-state index contributed by atoms with van der Waals surface area (Å²) in [4.78, 5) is 13.1. The summed E-state index contributed by atoms with van der Waals surface area (Å²) in [6, 6.07) is 7.76. The van der Waals surface area contributed by atoms with Gasteiger partial charge in [-0.3, -0.25) is 4.79 Å². The fourth-order valence-electron chi connectivity index (χ4n) is 2.32. The molecule has 0 aromatic heterocycles. The second-order valence-electron chi connectivity index (χ2n) is 4.82. The molecule has 2 aliphatic heterocycles. The van der Waals surface area contributed by atoms with Crippen LogP contribution in [0.3, 0.4) is 0 Å². The molecule has 1 aromatic rings. The topological polar surface area (TPSA) is 48.0 Å². The Morgan fingerprint density at radius 2 is 2.16 bits per heavy atom. The Morgan fingerprint density at radius 1 is 1.37 bits per heavy atom. The molecule has 1 amide bonds. The lowest BCUT2D eigenvalue weighted by molar-refractivity contribution is -0.209. The first kappa shape index (κ1) is 12.4. The van der Waals surface area contributed by atoms with E-state index in [1.165, 1.54) is 0 Å². The third-order valence-electron chi connectivity index (χ3n) is 3.54. The van der Waals surface area contributed by atoms with Crippen LogP contribution in [0.5, 0.6) is 5.75 Å². The number of β-lactam (4-membered cyclic amide) rings is 1. The highest BCUT2D eigenvalue weighted by Gasteiger charge is 2.42. The number of hydrogen-bond acceptors (Lipinski definition) is 4. The van der Waals surface area contributed by atoms with Gasteiger partial charge in [-0.2, -0.15) is 0 Å². The molecule has 5 nitrogen and oxygen atoms in total. The zero-order valence-electron chi connectivity index (χ0n) is 10.9. The van der Waals surface area contributed by atoms with Gasteiger partial charge in [-0.1, -0.05) is 12.1 Å². The van der Waals surface area contributed by atoms with Gasteiger partial charge in [0.1, 0.15) is 12.0 Å². The van der Waals surface area contributed by atoms with E-state index in [4.69, 9.17) is 14.2 Å². The second-order valence-corrected chi connectivity index (χ2v) is 4.82. The monoisotopic (exact) mass is 263 g/mol. The second kappa shape index (κ2) is 5.19. The number of fused-ring (bicyclic) bond motifs is 1. The Morgan fingerprint density at radius 3 is 2.84 bits per heavy atom. The molecule has 0 saturated carbocycles. The molecule has 3 rings (SSSR count). The number of nitrogens with zero attached hydrogens (tertiary/aromatic N) is 1. The molecule has 2 atom stereocenters. The van der Waals surface area contributed by atoms with Crippen molar-refractivity contribution in [1.29, 1.82) is 0 Å². The molecule has 1 aromatic carbocycles. The lowest BCUT2D eigenvalue weighted by Gasteiger charge is -2.45. The van der Waals surface area contributed by atoms with E-state index in [0.29, 0.717) is 26.2 Å². The minimum atomic E-state index is -0.0393. The van der Waals surface area contributed by atoms with E-state index in [1.54, 1.807) is 12.0 Å². The zero-order valence-corrected chi connectivity index (χ0v) is 10.9. The Hall–Kier alpha value is -1.59. The van der Waals surface area contributed by atoms with Crippen LogP contribution in [0.1, 0.15) is 12.0 Å². The van der Waals surface area contributed by atoms with Gasteiger partial charge in [0.25, 0.3) is 0 Å². The van der Waals surface area contributed by atoms with Crippen LogP contribution in [0.25, 0.3) is 0 Å². The van der Waals surface area contributed by atoms with Crippen LogP contribution in [-0.4, -0.2) is 43.4 Å². The average Bonchev–Trinajstić information content (AvgIpc) is 2.45. The predicted octanol–water partition coefficient (Wildman–Crippen LogP) is 1.17. The minimum absolute atomic E-state index is 0.00617. The summed E-state index contributed by atoms with van der Waals surface area (Å²) in [7, 11) is 1.64. The lowest BCUT2D eigenvalue weighted by Crippen LogP contribution is -2.61. The SMILES string of the molecule is COc1ccc(CO[C@@H]2CO[C@@H]3CC(=O)N3C2)cc1. The van der Waals surface area contributed by atoms with E-state index in [1.807, 2.05) is 24.3 Å². The van der Waals surface area contributed by atoms with Crippen LogP contribution in [0.2, 0.25) is 0 Å². The Kier molecular flexibility index (Phi) is 3.40. The largest absolute Gasteiger partial charge is 0.497 e. The molecule has 0 bridgehead atoms. The molecule has 0 N–H and O–H groups in total. The maximum absolute atomic E-state index is 11.3. The Bertz CT molecular complexity index is 459. The van der Waals surface area contributed by atoms with Crippen LogP contribution in [0.4, 0.5) is 0 Å². The van der Waals surface area contributed by atoms with Gasteiger partial charge in [-0.25, -0.2) is 0 Å². The van der Waals surface area contributed by atoms with Gasteiger partial charge < -0.3 is 19.1 Å². The van der Waals surface area contributed by atoms with Gasteiger partial charge in [-0.05, 0) is 17.7 Å². The van der Waals surface area contributed by atoms with Gasteiger partial charge >= 0.3 is 0 Å². The highest BCUT2D eigenvalue weighted by Crippen LogP contribution is 2.25. The van der Waals surface area contributed by atoms with E-state index < -0.39 is 0 Å². The lowest BCUT2D eigenvalue weighted by atomic mass is 10.1. The maximum Gasteiger partial charge on any atom is 0.229 e. The van der Waals surface area contributed by atoms with Gasteiger partial charge in [0.2, 0.25) is 5.91 Å². The van der Waals surface area contributed by atoms with Crippen molar-refractivity contribution >= 4 is 5.91 Å². The highest BCUT2D eigenvalue weighted by molar-refractivity contribution is 5.82. The number of hydrogen-bond donors (Lipinski definition) is 0. The van der Waals surface area contributed by atoms with Crippen molar-refractivity contribution in [3.8, 4) is 5.75 Å². The molecule has 0 radical (unpaired) electrons. The number of carbonyl (C=O) groups is 1. The molecule has 2 heterocycles. The normalized spacial score (nSPS) is 25.7. The predicted molar refractivity (Wildman–Crippen MR) is 67.6 cm³/mol. The molecular weight excluding hydrogens is 246 g/mol. The van der Waals surface area contributed by atoms with Gasteiger partial charge in [0.15, 0.2) is 0 Å². The van der Waals surface area contributed by atoms with E-state index in [9.17, 15) is 4.79 Å². The summed E-state index contributed by atoms with van der Waals surface area (Å²) in [5.41, 5.74) is 1.08. The number of methoxy groups -OCH3 is 1. The molecule has 0 unspecified atom stereocenters. The number of rotatable bonds is 4. The summed E-state index contributed by atoms with van der Waals surface area (Å²) in [6.07, 6.45) is 0.474. The van der Waals surface area contributed by atoms with E-state index >= 15 is 0 Å². The zero-order chi connectivity index (χ0) is 13.2. The van der Waals surface area contributed by atoms with E-state index in [0.717, 1.165) is 11.3 Å². The van der Waals surface area contributed by atoms with Crippen molar-refractivity contribution in [2.75, 3.05) is 20.3 Å². The van der Waals surface area contributed by atoms with Crippen molar-refractivity contribution in [2.24, 2.45) is 0 Å². The standard InChI is InChI=1S/C14H17NO4/c1-17-11-4-2-10(3-5-11)8-18-12-7-15-13(16)6-14(15)19-9-12/h2-5,12,14H,6-9H2,1H3/t12-,14+/m0/s1. The van der Waals surface area contributed by atoms with Crippen LogP contribution >= 0.6 is 0 Å². The summed E-state index contributed by atoms with van der Waals surface area (Å²) in [5.74, 6) is 0.988. The third-order valence-corrected chi connectivity index (χ3v) is 3.54. The average molecular weight is 263 g/mol. The summed E-state index contributed by atoms with van der Waals surface area (Å²) >= 11 is 0. The van der Waals surface area contributed by atoms with Crippen molar-refractivity contribution in [3.05, 3.63) is 29.8 Å². The van der Waals surface area contributed by atoms with Gasteiger partial charge in [0.05, 0.1) is 39.4 Å².